The molecule has 0 radical (unpaired) electrons. The van der Waals surface area contributed by atoms with Crippen molar-refractivity contribution in [1.82, 2.24) is 4.98 Å². The first kappa shape index (κ1) is 12.3. The summed E-state index contributed by atoms with van der Waals surface area (Å²) in [5, 5.41) is 0. The third-order valence-electron chi connectivity index (χ3n) is 2.34. The van der Waals surface area contributed by atoms with Crippen molar-refractivity contribution >= 4 is 12.4 Å². The molecule has 1 aromatic heterocycles. The molecule has 2 N–H and O–H groups in total. The summed E-state index contributed by atoms with van der Waals surface area (Å²) in [4.78, 5) is 3.53. The quantitative estimate of drug-likeness (QED) is 0.816. The molecular formula is C9H10ClF3N2. The number of halogens is 4. The summed E-state index contributed by atoms with van der Waals surface area (Å²) in [6, 6.07) is 3.84. The van der Waals surface area contributed by atoms with E-state index in [1.165, 1.54) is 6.07 Å². The first-order chi connectivity index (χ1) is 6.42. The zero-order valence-corrected chi connectivity index (χ0v) is 8.53. The molecule has 6 heteroatoms. The first-order valence-electron chi connectivity index (χ1n) is 4.25. The summed E-state index contributed by atoms with van der Waals surface area (Å²) >= 11 is 0. The molecule has 2 rings (SSSR count). The standard InChI is InChI=1S/C9H9F3N2.ClH/c10-9(11,12)7-3-1-2-6(14-7)8(13)4-5-8;/h1-3H,4-5,13H2;1H. The highest BCUT2D eigenvalue weighted by atomic mass is 35.5. The maximum Gasteiger partial charge on any atom is 0.433 e. The summed E-state index contributed by atoms with van der Waals surface area (Å²) in [5.74, 6) is 0. The number of hydrogen-bond acceptors (Lipinski definition) is 2. The van der Waals surface area contributed by atoms with Gasteiger partial charge in [0.25, 0.3) is 0 Å². The molecule has 0 unspecified atom stereocenters. The Morgan fingerprint density at radius 3 is 2.33 bits per heavy atom. The van der Waals surface area contributed by atoms with Crippen molar-refractivity contribution in [2.45, 2.75) is 24.6 Å². The van der Waals surface area contributed by atoms with Crippen molar-refractivity contribution < 1.29 is 13.2 Å². The molecule has 1 fully saturated rings. The lowest BCUT2D eigenvalue weighted by molar-refractivity contribution is -0.141. The Balaban J connectivity index is 0.00000112. The molecule has 1 aliphatic rings. The van der Waals surface area contributed by atoms with E-state index in [9.17, 15) is 13.2 Å². The molecule has 0 spiro atoms. The highest BCUT2D eigenvalue weighted by Gasteiger charge is 2.43. The predicted molar refractivity (Wildman–Crippen MR) is 51.6 cm³/mol. The molecule has 1 aromatic rings. The van der Waals surface area contributed by atoms with Crippen LogP contribution in [0.3, 0.4) is 0 Å². The Hall–Kier alpha value is -0.810. The summed E-state index contributed by atoms with van der Waals surface area (Å²) in [7, 11) is 0. The van der Waals surface area contributed by atoms with Gasteiger partial charge in [-0.15, -0.1) is 12.4 Å². The van der Waals surface area contributed by atoms with Crippen LogP contribution < -0.4 is 5.73 Å². The second kappa shape index (κ2) is 3.64. The van der Waals surface area contributed by atoms with Gasteiger partial charge in [0.2, 0.25) is 0 Å². The van der Waals surface area contributed by atoms with Gasteiger partial charge in [-0.2, -0.15) is 13.2 Å². The van der Waals surface area contributed by atoms with Gasteiger partial charge in [0, 0.05) is 0 Å². The van der Waals surface area contributed by atoms with Gasteiger partial charge in [0.05, 0.1) is 11.2 Å². The van der Waals surface area contributed by atoms with Crippen LogP contribution >= 0.6 is 12.4 Å². The fourth-order valence-electron chi connectivity index (χ4n) is 1.26. The number of pyridine rings is 1. The molecule has 1 heterocycles. The lowest BCUT2D eigenvalue weighted by atomic mass is 10.1. The van der Waals surface area contributed by atoms with Crippen LogP contribution in [0.25, 0.3) is 0 Å². The molecule has 84 valence electrons. The minimum atomic E-state index is -4.39. The minimum Gasteiger partial charge on any atom is -0.320 e. The summed E-state index contributed by atoms with van der Waals surface area (Å²) in [5.41, 5.74) is 4.61. The van der Waals surface area contributed by atoms with E-state index in [0.29, 0.717) is 18.5 Å². The maximum absolute atomic E-state index is 12.3. The van der Waals surface area contributed by atoms with Gasteiger partial charge in [-0.25, -0.2) is 4.98 Å². The number of nitrogens with zero attached hydrogens (tertiary/aromatic N) is 1. The molecule has 1 aliphatic carbocycles. The number of hydrogen-bond donors (Lipinski definition) is 1. The normalized spacial score (nSPS) is 18.1. The van der Waals surface area contributed by atoms with Crippen LogP contribution in [-0.2, 0) is 11.7 Å². The number of alkyl halides is 3. The Morgan fingerprint density at radius 2 is 1.87 bits per heavy atom. The molecule has 0 saturated heterocycles. The Labute approximate surface area is 91.1 Å². The SMILES string of the molecule is Cl.NC1(c2cccc(C(F)(F)F)n2)CC1. The van der Waals surface area contributed by atoms with E-state index in [0.717, 1.165) is 6.07 Å². The molecule has 0 bridgehead atoms. The van der Waals surface area contributed by atoms with Crippen molar-refractivity contribution in [3.05, 3.63) is 29.6 Å². The summed E-state index contributed by atoms with van der Waals surface area (Å²) in [6.45, 7) is 0. The second-order valence-corrected chi connectivity index (χ2v) is 3.56. The second-order valence-electron chi connectivity index (χ2n) is 3.56. The van der Waals surface area contributed by atoms with Gasteiger partial charge in [0.15, 0.2) is 0 Å². The van der Waals surface area contributed by atoms with E-state index in [4.69, 9.17) is 5.73 Å². The molecule has 0 atom stereocenters. The number of nitrogens with two attached hydrogens (primary N) is 1. The van der Waals surface area contributed by atoms with Gasteiger partial charge in [-0.05, 0) is 25.0 Å². The van der Waals surface area contributed by atoms with Crippen LogP contribution in [0.5, 0.6) is 0 Å². The maximum atomic E-state index is 12.3. The Morgan fingerprint density at radius 1 is 1.27 bits per heavy atom. The van der Waals surface area contributed by atoms with Crippen molar-refractivity contribution in [3.8, 4) is 0 Å². The van der Waals surface area contributed by atoms with Crippen molar-refractivity contribution in [2.75, 3.05) is 0 Å². The Kier molecular flexibility index (Phi) is 2.98. The fourth-order valence-corrected chi connectivity index (χ4v) is 1.26. The van der Waals surface area contributed by atoms with Crippen LogP contribution in [0.4, 0.5) is 13.2 Å². The molecule has 2 nitrogen and oxygen atoms in total. The lowest BCUT2D eigenvalue weighted by Crippen LogP contribution is -2.22. The van der Waals surface area contributed by atoms with Crippen molar-refractivity contribution in [2.24, 2.45) is 5.73 Å². The molecule has 15 heavy (non-hydrogen) atoms. The lowest BCUT2D eigenvalue weighted by Gasteiger charge is -2.11. The number of rotatable bonds is 1. The van der Waals surface area contributed by atoms with Crippen molar-refractivity contribution in [3.63, 3.8) is 0 Å². The monoisotopic (exact) mass is 238 g/mol. The average molecular weight is 239 g/mol. The highest BCUT2D eigenvalue weighted by molar-refractivity contribution is 5.85. The third kappa shape index (κ3) is 2.41. The van der Waals surface area contributed by atoms with Crippen LogP contribution in [0, 0.1) is 0 Å². The van der Waals surface area contributed by atoms with E-state index in [1.54, 1.807) is 6.07 Å². The van der Waals surface area contributed by atoms with E-state index in [-0.39, 0.29) is 12.4 Å². The third-order valence-corrected chi connectivity index (χ3v) is 2.34. The Bertz CT molecular complexity index is 340. The van der Waals surface area contributed by atoms with E-state index >= 15 is 0 Å². The molecule has 0 aliphatic heterocycles. The highest BCUT2D eigenvalue weighted by Crippen LogP contribution is 2.42. The van der Waals surface area contributed by atoms with Crippen molar-refractivity contribution in [1.29, 1.82) is 0 Å². The average Bonchev–Trinajstić information content (AvgIpc) is 2.84. The van der Waals surface area contributed by atoms with Gasteiger partial charge in [0.1, 0.15) is 5.69 Å². The van der Waals surface area contributed by atoms with E-state index in [1.807, 2.05) is 0 Å². The van der Waals surface area contributed by atoms with E-state index < -0.39 is 17.4 Å². The summed E-state index contributed by atoms with van der Waals surface area (Å²) in [6.07, 6.45) is -2.97. The van der Waals surface area contributed by atoms with Gasteiger partial charge >= 0.3 is 6.18 Å². The molecule has 0 aromatic carbocycles. The van der Waals surface area contributed by atoms with Gasteiger partial charge < -0.3 is 5.73 Å². The van der Waals surface area contributed by atoms with Crippen LogP contribution in [0.1, 0.15) is 24.2 Å². The van der Waals surface area contributed by atoms with Gasteiger partial charge in [-0.1, -0.05) is 6.07 Å². The minimum absolute atomic E-state index is 0. The van der Waals surface area contributed by atoms with Crippen LogP contribution in [0.15, 0.2) is 18.2 Å². The topological polar surface area (TPSA) is 38.9 Å². The zero-order valence-electron chi connectivity index (χ0n) is 7.71. The first-order valence-corrected chi connectivity index (χ1v) is 4.25. The van der Waals surface area contributed by atoms with Crippen LogP contribution in [0.2, 0.25) is 0 Å². The summed E-state index contributed by atoms with van der Waals surface area (Å²) < 4.78 is 36.8. The molecule has 1 saturated carbocycles. The predicted octanol–water partition coefficient (Wildman–Crippen LogP) is 2.47. The van der Waals surface area contributed by atoms with E-state index in [2.05, 4.69) is 4.98 Å². The van der Waals surface area contributed by atoms with Gasteiger partial charge in [-0.3, -0.25) is 0 Å². The fraction of sp³-hybridized carbons (Fsp3) is 0.444. The molecular weight excluding hydrogens is 229 g/mol. The largest absolute Gasteiger partial charge is 0.433 e. The van der Waals surface area contributed by atoms with Crippen LogP contribution in [-0.4, -0.2) is 4.98 Å². The number of aromatic nitrogens is 1. The molecule has 0 amide bonds. The smallest absolute Gasteiger partial charge is 0.320 e. The zero-order chi connectivity index (χ0) is 10.4.